The van der Waals surface area contributed by atoms with E-state index in [1.54, 1.807) is 0 Å². The highest BCUT2D eigenvalue weighted by molar-refractivity contribution is 5.85. The van der Waals surface area contributed by atoms with Gasteiger partial charge in [-0.3, -0.25) is 4.79 Å². The summed E-state index contributed by atoms with van der Waals surface area (Å²) in [5.74, 6) is 1.04. The van der Waals surface area contributed by atoms with Gasteiger partial charge in [0.1, 0.15) is 0 Å². The van der Waals surface area contributed by atoms with Crippen LogP contribution in [0.4, 0.5) is 0 Å². The molecule has 19 heavy (non-hydrogen) atoms. The van der Waals surface area contributed by atoms with Crippen molar-refractivity contribution in [3.8, 4) is 0 Å². The highest BCUT2D eigenvalue weighted by Gasteiger charge is 2.35. The van der Waals surface area contributed by atoms with Crippen molar-refractivity contribution in [1.82, 2.24) is 10.2 Å². The van der Waals surface area contributed by atoms with Crippen molar-refractivity contribution in [2.45, 2.75) is 75.9 Å². The van der Waals surface area contributed by atoms with Crippen LogP contribution in [-0.2, 0) is 4.79 Å². The minimum Gasteiger partial charge on any atom is -0.343 e. The first kappa shape index (κ1) is 15.1. The Bertz CT molecular complexity index is 305. The zero-order valence-corrected chi connectivity index (χ0v) is 12.8. The summed E-state index contributed by atoms with van der Waals surface area (Å²) < 4.78 is 0. The third-order valence-corrected chi connectivity index (χ3v) is 5.30. The molecule has 1 aliphatic carbocycles. The number of fused-ring (bicyclic) bond motifs is 2. The second-order valence-corrected chi connectivity index (χ2v) is 6.62. The van der Waals surface area contributed by atoms with E-state index >= 15 is 0 Å². The van der Waals surface area contributed by atoms with Crippen molar-refractivity contribution in [2.24, 2.45) is 5.92 Å². The topological polar surface area (TPSA) is 32.3 Å². The quantitative estimate of drug-likeness (QED) is 0.865. The molecular weight excluding hydrogens is 260 g/mol. The normalized spacial score (nSPS) is 34.1. The van der Waals surface area contributed by atoms with Crippen molar-refractivity contribution in [1.29, 1.82) is 0 Å². The van der Waals surface area contributed by atoms with Gasteiger partial charge in [-0.1, -0.05) is 12.8 Å². The van der Waals surface area contributed by atoms with Crippen LogP contribution in [0.15, 0.2) is 0 Å². The Kier molecular flexibility index (Phi) is 5.13. The van der Waals surface area contributed by atoms with Crippen LogP contribution < -0.4 is 5.32 Å². The van der Waals surface area contributed by atoms with Gasteiger partial charge in [0.2, 0.25) is 5.91 Å². The minimum absolute atomic E-state index is 0. The Labute approximate surface area is 122 Å². The van der Waals surface area contributed by atoms with E-state index < -0.39 is 0 Å². The molecule has 2 saturated heterocycles. The van der Waals surface area contributed by atoms with Crippen LogP contribution in [0.5, 0.6) is 0 Å². The Hall–Kier alpha value is -0.280. The molecular formula is C15H27ClN2O. The molecule has 2 heterocycles. The summed E-state index contributed by atoms with van der Waals surface area (Å²) in [6.07, 6.45) is 10.9. The Morgan fingerprint density at radius 1 is 1.11 bits per heavy atom. The molecule has 110 valence electrons. The predicted octanol–water partition coefficient (Wildman–Crippen LogP) is 2.73. The van der Waals surface area contributed by atoms with Crippen LogP contribution >= 0.6 is 12.4 Å². The third kappa shape index (κ3) is 3.43. The van der Waals surface area contributed by atoms with Gasteiger partial charge in [0, 0.05) is 31.6 Å². The number of hydrogen-bond donors (Lipinski definition) is 1. The van der Waals surface area contributed by atoms with Gasteiger partial charge in [0.25, 0.3) is 0 Å². The number of hydrogen-bond acceptors (Lipinski definition) is 2. The Morgan fingerprint density at radius 2 is 1.68 bits per heavy atom. The molecule has 1 N–H and O–H groups in total. The van der Waals surface area contributed by atoms with Gasteiger partial charge < -0.3 is 10.2 Å². The number of carbonyl (C=O) groups is 1. The largest absolute Gasteiger partial charge is 0.343 e. The maximum Gasteiger partial charge on any atom is 0.222 e. The molecule has 3 aliphatic rings. The molecule has 0 aromatic heterocycles. The van der Waals surface area contributed by atoms with Crippen molar-refractivity contribution < 1.29 is 4.79 Å². The van der Waals surface area contributed by atoms with E-state index in [2.05, 4.69) is 10.2 Å². The summed E-state index contributed by atoms with van der Waals surface area (Å²) in [5, 5.41) is 3.65. The van der Waals surface area contributed by atoms with E-state index in [9.17, 15) is 4.79 Å². The zero-order chi connectivity index (χ0) is 12.5. The van der Waals surface area contributed by atoms with Crippen molar-refractivity contribution in [3.05, 3.63) is 0 Å². The summed E-state index contributed by atoms with van der Waals surface area (Å²) in [6.45, 7) is 0. The average molecular weight is 287 g/mol. The Morgan fingerprint density at radius 3 is 2.26 bits per heavy atom. The maximum atomic E-state index is 12.3. The number of rotatable bonds is 3. The molecule has 4 heteroatoms. The van der Waals surface area contributed by atoms with Gasteiger partial charge in [-0.15, -0.1) is 12.4 Å². The highest BCUT2D eigenvalue weighted by Crippen LogP contribution is 2.33. The third-order valence-electron chi connectivity index (χ3n) is 5.30. The summed E-state index contributed by atoms with van der Waals surface area (Å²) in [5.41, 5.74) is 0. The monoisotopic (exact) mass is 286 g/mol. The lowest BCUT2D eigenvalue weighted by Crippen LogP contribution is -2.41. The molecule has 0 spiro atoms. The van der Waals surface area contributed by atoms with Crippen LogP contribution in [0.1, 0.15) is 57.8 Å². The van der Waals surface area contributed by atoms with Crippen molar-refractivity contribution in [2.75, 3.05) is 7.05 Å². The second kappa shape index (κ2) is 6.45. The predicted molar refractivity (Wildman–Crippen MR) is 79.6 cm³/mol. The molecule has 3 fully saturated rings. The van der Waals surface area contributed by atoms with E-state index in [0.29, 0.717) is 30.0 Å². The van der Waals surface area contributed by atoms with Crippen molar-refractivity contribution >= 4 is 18.3 Å². The van der Waals surface area contributed by atoms with E-state index in [-0.39, 0.29) is 12.4 Å². The lowest BCUT2D eigenvalue weighted by molar-refractivity contribution is -0.133. The molecule has 3 rings (SSSR count). The zero-order valence-electron chi connectivity index (χ0n) is 11.9. The van der Waals surface area contributed by atoms with Crippen LogP contribution in [0.25, 0.3) is 0 Å². The molecule has 2 unspecified atom stereocenters. The van der Waals surface area contributed by atoms with E-state index in [0.717, 1.165) is 6.42 Å². The maximum absolute atomic E-state index is 12.3. The van der Waals surface area contributed by atoms with Gasteiger partial charge in [0.15, 0.2) is 0 Å². The number of nitrogens with zero attached hydrogens (tertiary/aromatic N) is 1. The first-order valence-corrected chi connectivity index (χ1v) is 7.74. The standard InChI is InChI=1S/C15H26N2O.ClH/c1-17(14-4-2-3-5-14)15(18)10-11-8-12-6-7-13(9-11)16-12;/h11-14,16H,2-10H2,1H3;1H. The number of halogens is 1. The van der Waals surface area contributed by atoms with Crippen LogP contribution in [0.3, 0.4) is 0 Å². The van der Waals surface area contributed by atoms with Gasteiger partial charge in [-0.05, 0) is 44.4 Å². The molecule has 0 aromatic rings. The molecule has 1 amide bonds. The fourth-order valence-corrected chi connectivity index (χ4v) is 4.23. The van der Waals surface area contributed by atoms with Gasteiger partial charge in [-0.25, -0.2) is 0 Å². The molecule has 1 saturated carbocycles. The first-order chi connectivity index (χ1) is 8.72. The fourth-order valence-electron chi connectivity index (χ4n) is 4.23. The van der Waals surface area contributed by atoms with Gasteiger partial charge >= 0.3 is 0 Å². The minimum atomic E-state index is 0. The number of amides is 1. The SMILES string of the molecule is CN(C(=O)CC1CC2CCC(C1)N2)C1CCCC1.Cl. The fraction of sp³-hybridized carbons (Fsp3) is 0.933. The summed E-state index contributed by atoms with van der Waals surface area (Å²) in [4.78, 5) is 14.4. The summed E-state index contributed by atoms with van der Waals surface area (Å²) >= 11 is 0. The van der Waals surface area contributed by atoms with Crippen LogP contribution in [-0.4, -0.2) is 36.0 Å². The van der Waals surface area contributed by atoms with Crippen molar-refractivity contribution in [3.63, 3.8) is 0 Å². The van der Waals surface area contributed by atoms with Gasteiger partial charge in [-0.2, -0.15) is 0 Å². The molecule has 2 aliphatic heterocycles. The average Bonchev–Trinajstić information content (AvgIpc) is 2.98. The summed E-state index contributed by atoms with van der Waals surface area (Å²) in [7, 11) is 2.02. The molecule has 0 aromatic carbocycles. The molecule has 0 radical (unpaired) electrons. The lowest BCUT2D eigenvalue weighted by Gasteiger charge is -2.31. The second-order valence-electron chi connectivity index (χ2n) is 6.62. The number of carbonyl (C=O) groups excluding carboxylic acids is 1. The smallest absolute Gasteiger partial charge is 0.222 e. The number of piperidine rings is 1. The molecule has 2 atom stereocenters. The van der Waals surface area contributed by atoms with Crippen LogP contribution in [0, 0.1) is 5.92 Å². The lowest BCUT2D eigenvalue weighted by atomic mass is 9.89. The number of nitrogens with one attached hydrogen (secondary N) is 1. The van der Waals surface area contributed by atoms with Crippen LogP contribution in [0.2, 0.25) is 0 Å². The van der Waals surface area contributed by atoms with E-state index in [1.165, 1.54) is 51.4 Å². The first-order valence-electron chi connectivity index (χ1n) is 7.74. The van der Waals surface area contributed by atoms with E-state index in [4.69, 9.17) is 0 Å². The molecule has 2 bridgehead atoms. The van der Waals surface area contributed by atoms with Gasteiger partial charge in [0.05, 0.1) is 0 Å². The van der Waals surface area contributed by atoms with E-state index in [1.807, 2.05) is 7.05 Å². The highest BCUT2D eigenvalue weighted by atomic mass is 35.5. The Balaban J connectivity index is 0.00000133. The molecule has 3 nitrogen and oxygen atoms in total. The summed E-state index contributed by atoms with van der Waals surface area (Å²) in [6, 6.07) is 1.95.